The average Bonchev–Trinajstić information content (AvgIpc) is 2.62. The summed E-state index contributed by atoms with van der Waals surface area (Å²) < 4.78 is 0. The molecule has 0 saturated carbocycles. The molecule has 2 rings (SSSR count). The summed E-state index contributed by atoms with van der Waals surface area (Å²) >= 11 is 1.78. The number of thioether (sulfide) groups is 1. The maximum atomic E-state index is 11.9. The lowest BCUT2D eigenvalue weighted by Gasteiger charge is -2.17. The normalized spacial score (nSPS) is 14.8. The number of ketones is 1. The Morgan fingerprint density at radius 3 is 2.76 bits per heavy atom. The molecular weight excluding hydrogens is 300 g/mol. The number of rotatable bonds is 3. The van der Waals surface area contributed by atoms with Gasteiger partial charge in [0.15, 0.2) is 5.78 Å². The molecule has 1 aliphatic rings. The highest BCUT2D eigenvalue weighted by atomic mass is 79.9. The highest BCUT2D eigenvalue weighted by molar-refractivity contribution is 8.93. The van der Waals surface area contributed by atoms with Crippen molar-refractivity contribution in [3.05, 3.63) is 40.7 Å². The van der Waals surface area contributed by atoms with E-state index in [1.807, 2.05) is 12.1 Å². The van der Waals surface area contributed by atoms with Crippen molar-refractivity contribution in [3.63, 3.8) is 0 Å². The first kappa shape index (κ1) is 14.3. The molecule has 5 heteroatoms. The molecule has 2 heterocycles. The van der Waals surface area contributed by atoms with Crippen molar-refractivity contribution >= 4 is 34.5 Å². The molecule has 17 heavy (non-hydrogen) atoms. The average molecular weight is 315 g/mol. The second-order valence-corrected chi connectivity index (χ2v) is 4.91. The lowest BCUT2D eigenvalue weighted by Crippen LogP contribution is -2.26. The fraction of sp³-hybridized carbons (Fsp3) is 0.333. The zero-order chi connectivity index (χ0) is 11.5. The molecule has 0 aromatic carbocycles. The Labute approximate surface area is 116 Å². The fourth-order valence-corrected chi connectivity index (χ4v) is 2.52. The molecule has 0 aliphatic carbocycles. The van der Waals surface area contributed by atoms with Gasteiger partial charge in [0.1, 0.15) is 5.69 Å². The van der Waals surface area contributed by atoms with E-state index >= 15 is 0 Å². The second-order valence-electron chi connectivity index (χ2n) is 3.75. The van der Waals surface area contributed by atoms with Gasteiger partial charge in [0.25, 0.3) is 0 Å². The second kappa shape index (κ2) is 6.21. The maximum absolute atomic E-state index is 11.9. The zero-order valence-corrected chi connectivity index (χ0v) is 12.4. The number of Topliss-reactive ketones (excluding diaryl/α,β-unsaturated/α-hetero) is 1. The van der Waals surface area contributed by atoms with Crippen LogP contribution in [0.3, 0.4) is 0 Å². The first-order chi connectivity index (χ1) is 7.68. The van der Waals surface area contributed by atoms with E-state index in [1.165, 1.54) is 10.6 Å². The van der Waals surface area contributed by atoms with E-state index in [0.717, 1.165) is 5.88 Å². The molecule has 0 bridgehead atoms. The van der Waals surface area contributed by atoms with Crippen LogP contribution in [0.25, 0.3) is 0 Å². The number of nitrogens with zero attached hydrogens (tertiary/aromatic N) is 2. The molecule has 0 unspecified atom stereocenters. The third kappa shape index (κ3) is 3.33. The van der Waals surface area contributed by atoms with E-state index in [9.17, 15) is 4.79 Å². The number of pyridine rings is 1. The van der Waals surface area contributed by atoms with Crippen LogP contribution in [-0.2, 0) is 0 Å². The highest BCUT2D eigenvalue weighted by Crippen LogP contribution is 2.30. The van der Waals surface area contributed by atoms with Gasteiger partial charge in [0, 0.05) is 16.8 Å². The molecule has 0 radical (unpaired) electrons. The van der Waals surface area contributed by atoms with Gasteiger partial charge in [-0.3, -0.25) is 9.78 Å². The molecule has 0 amide bonds. The number of hydrogen-bond donors (Lipinski definition) is 0. The molecule has 0 fully saturated rings. The van der Waals surface area contributed by atoms with Gasteiger partial charge < -0.3 is 4.90 Å². The summed E-state index contributed by atoms with van der Waals surface area (Å²) in [4.78, 5) is 19.4. The van der Waals surface area contributed by atoms with Crippen LogP contribution in [0.15, 0.2) is 35.0 Å². The SMILES string of the molecule is Br.CC1=C(C)N(CC(=O)c2ccccn2)CS1. The summed E-state index contributed by atoms with van der Waals surface area (Å²) in [5.41, 5.74) is 1.75. The van der Waals surface area contributed by atoms with Crippen molar-refractivity contribution < 1.29 is 4.79 Å². The van der Waals surface area contributed by atoms with Gasteiger partial charge in [0.05, 0.1) is 12.4 Å². The Bertz CT molecular complexity index is 433. The smallest absolute Gasteiger partial charge is 0.200 e. The molecule has 1 aromatic heterocycles. The molecule has 3 nitrogen and oxygen atoms in total. The number of halogens is 1. The predicted molar refractivity (Wildman–Crippen MR) is 76.4 cm³/mol. The third-order valence-electron chi connectivity index (χ3n) is 2.71. The number of aromatic nitrogens is 1. The Morgan fingerprint density at radius 1 is 1.47 bits per heavy atom. The Balaban J connectivity index is 0.00000144. The monoisotopic (exact) mass is 314 g/mol. The Morgan fingerprint density at radius 2 is 2.24 bits per heavy atom. The topological polar surface area (TPSA) is 33.2 Å². The number of carbonyl (C=O) groups is 1. The standard InChI is InChI=1S/C12H14N2OS.BrH/c1-9-10(2)16-8-14(9)7-12(15)11-5-3-4-6-13-11;/h3-6H,7-8H2,1-2H3;1H. The Kier molecular flexibility index (Phi) is 5.21. The predicted octanol–water partition coefficient (Wildman–Crippen LogP) is 3.10. The van der Waals surface area contributed by atoms with Crippen molar-refractivity contribution in [2.45, 2.75) is 13.8 Å². The first-order valence-corrected chi connectivity index (χ1v) is 6.16. The van der Waals surface area contributed by atoms with Gasteiger partial charge in [-0.15, -0.1) is 28.7 Å². The summed E-state index contributed by atoms with van der Waals surface area (Å²) in [6, 6.07) is 5.42. The van der Waals surface area contributed by atoms with Crippen LogP contribution in [0.2, 0.25) is 0 Å². The highest BCUT2D eigenvalue weighted by Gasteiger charge is 2.20. The number of hydrogen-bond acceptors (Lipinski definition) is 4. The van der Waals surface area contributed by atoms with Gasteiger partial charge in [0.2, 0.25) is 0 Å². The van der Waals surface area contributed by atoms with Gasteiger partial charge in [-0.05, 0) is 26.0 Å². The Hall–Kier alpha value is -0.810. The quantitative estimate of drug-likeness (QED) is 0.803. The minimum atomic E-state index is 0. The molecule has 0 atom stereocenters. The van der Waals surface area contributed by atoms with Gasteiger partial charge in [-0.2, -0.15) is 0 Å². The molecular formula is C12H15BrN2OS. The lowest BCUT2D eigenvalue weighted by molar-refractivity contribution is 0.0954. The van der Waals surface area contributed by atoms with E-state index < -0.39 is 0 Å². The summed E-state index contributed by atoms with van der Waals surface area (Å²) in [6.45, 7) is 4.57. The van der Waals surface area contributed by atoms with Gasteiger partial charge in [-0.1, -0.05) is 6.07 Å². The van der Waals surface area contributed by atoms with Crippen LogP contribution in [0.4, 0.5) is 0 Å². The van der Waals surface area contributed by atoms with Crippen LogP contribution in [0.5, 0.6) is 0 Å². The van der Waals surface area contributed by atoms with Crippen molar-refractivity contribution in [1.82, 2.24) is 9.88 Å². The largest absolute Gasteiger partial charge is 0.357 e. The fourth-order valence-electron chi connectivity index (χ4n) is 1.54. The zero-order valence-electron chi connectivity index (χ0n) is 9.84. The van der Waals surface area contributed by atoms with Crippen LogP contribution in [-0.4, -0.2) is 28.1 Å². The van der Waals surface area contributed by atoms with E-state index in [4.69, 9.17) is 0 Å². The van der Waals surface area contributed by atoms with Crippen molar-refractivity contribution in [3.8, 4) is 0 Å². The van der Waals surface area contributed by atoms with Gasteiger partial charge >= 0.3 is 0 Å². The van der Waals surface area contributed by atoms with Crippen LogP contribution in [0.1, 0.15) is 24.3 Å². The summed E-state index contributed by atoms with van der Waals surface area (Å²) in [6.07, 6.45) is 1.65. The number of carbonyl (C=O) groups excluding carboxylic acids is 1. The summed E-state index contributed by atoms with van der Waals surface area (Å²) in [7, 11) is 0. The summed E-state index contributed by atoms with van der Waals surface area (Å²) in [5.74, 6) is 0.950. The van der Waals surface area contributed by atoms with Crippen LogP contribution < -0.4 is 0 Å². The van der Waals surface area contributed by atoms with E-state index in [1.54, 1.807) is 24.0 Å². The van der Waals surface area contributed by atoms with Gasteiger partial charge in [-0.25, -0.2) is 0 Å². The first-order valence-electron chi connectivity index (χ1n) is 5.18. The van der Waals surface area contributed by atoms with Crippen molar-refractivity contribution in [2.75, 3.05) is 12.4 Å². The molecule has 0 N–H and O–H groups in total. The van der Waals surface area contributed by atoms with E-state index in [2.05, 4.69) is 23.7 Å². The minimum Gasteiger partial charge on any atom is -0.357 e. The summed E-state index contributed by atoms with van der Waals surface area (Å²) in [5, 5.41) is 0. The maximum Gasteiger partial charge on any atom is 0.200 e. The van der Waals surface area contributed by atoms with Crippen molar-refractivity contribution in [1.29, 1.82) is 0 Å². The third-order valence-corrected chi connectivity index (χ3v) is 3.87. The molecule has 92 valence electrons. The van der Waals surface area contributed by atoms with E-state index in [-0.39, 0.29) is 22.8 Å². The lowest BCUT2D eigenvalue weighted by atomic mass is 10.2. The molecule has 1 aliphatic heterocycles. The molecule has 0 saturated heterocycles. The van der Waals surface area contributed by atoms with Crippen molar-refractivity contribution in [2.24, 2.45) is 0 Å². The minimum absolute atomic E-state index is 0. The van der Waals surface area contributed by atoms with Crippen LogP contribution >= 0.6 is 28.7 Å². The van der Waals surface area contributed by atoms with Crippen LogP contribution in [0, 0.1) is 0 Å². The number of allylic oxidation sites excluding steroid dienone is 2. The van der Waals surface area contributed by atoms with E-state index in [0.29, 0.717) is 12.2 Å². The molecule has 0 spiro atoms. The molecule has 1 aromatic rings.